The minimum atomic E-state index is -0.0106. The van der Waals surface area contributed by atoms with Crippen molar-refractivity contribution in [1.29, 1.82) is 0 Å². The third-order valence-electron chi connectivity index (χ3n) is 5.35. The molecule has 0 atom stereocenters. The predicted molar refractivity (Wildman–Crippen MR) is 118 cm³/mol. The van der Waals surface area contributed by atoms with Crippen LogP contribution in [0.25, 0.3) is 0 Å². The first kappa shape index (κ1) is 26.4. The lowest BCUT2D eigenvalue weighted by atomic mass is 10.0. The van der Waals surface area contributed by atoms with E-state index in [0.717, 1.165) is 32.2 Å². The van der Waals surface area contributed by atoms with Gasteiger partial charge in [0.2, 0.25) is 0 Å². The van der Waals surface area contributed by atoms with E-state index in [1.54, 1.807) is 0 Å². The number of rotatable bonds is 22. The standard InChI is InChI=1S/C24H49NO2/c1-2-3-4-5-6-7-8-9-10-11-12-13-17-20-23-27-24(26)21-18-15-14-16-19-22-25/h2-23,25H2,1H3. The van der Waals surface area contributed by atoms with Gasteiger partial charge in [0.1, 0.15) is 0 Å². The molecule has 0 saturated heterocycles. The Labute approximate surface area is 170 Å². The number of carbonyl (C=O) groups is 1. The molecule has 0 aliphatic carbocycles. The Kier molecular flexibility index (Phi) is 23.0. The summed E-state index contributed by atoms with van der Waals surface area (Å²) in [6, 6.07) is 0. The number of esters is 1. The topological polar surface area (TPSA) is 52.3 Å². The van der Waals surface area contributed by atoms with Gasteiger partial charge in [-0.05, 0) is 25.8 Å². The second kappa shape index (κ2) is 23.5. The van der Waals surface area contributed by atoms with Crippen LogP contribution < -0.4 is 5.73 Å². The lowest BCUT2D eigenvalue weighted by Crippen LogP contribution is -2.05. The lowest BCUT2D eigenvalue weighted by Gasteiger charge is -2.05. The molecule has 0 aromatic carbocycles. The van der Waals surface area contributed by atoms with E-state index in [1.165, 1.54) is 96.3 Å². The summed E-state index contributed by atoms with van der Waals surface area (Å²) in [4.78, 5) is 11.6. The molecule has 0 bridgehead atoms. The van der Waals surface area contributed by atoms with E-state index in [0.29, 0.717) is 13.0 Å². The molecule has 0 aliphatic rings. The van der Waals surface area contributed by atoms with Gasteiger partial charge in [0.05, 0.1) is 6.61 Å². The molecule has 0 heterocycles. The van der Waals surface area contributed by atoms with Gasteiger partial charge in [0, 0.05) is 6.42 Å². The highest BCUT2D eigenvalue weighted by Gasteiger charge is 2.02. The molecule has 27 heavy (non-hydrogen) atoms. The van der Waals surface area contributed by atoms with Crippen LogP contribution in [0, 0.1) is 0 Å². The van der Waals surface area contributed by atoms with E-state index in [-0.39, 0.29) is 5.97 Å². The second-order valence-corrected chi connectivity index (χ2v) is 8.12. The third kappa shape index (κ3) is 23.4. The highest BCUT2D eigenvalue weighted by Crippen LogP contribution is 2.13. The molecule has 0 saturated carbocycles. The minimum absolute atomic E-state index is 0.0106. The first-order chi connectivity index (χ1) is 13.3. The van der Waals surface area contributed by atoms with E-state index in [1.807, 2.05) is 0 Å². The van der Waals surface area contributed by atoms with E-state index in [9.17, 15) is 4.79 Å². The van der Waals surface area contributed by atoms with Gasteiger partial charge in [-0.1, -0.05) is 110 Å². The highest BCUT2D eigenvalue weighted by molar-refractivity contribution is 5.69. The van der Waals surface area contributed by atoms with Crippen LogP contribution in [0.15, 0.2) is 0 Å². The van der Waals surface area contributed by atoms with Crippen molar-refractivity contribution >= 4 is 5.97 Å². The molecule has 0 fully saturated rings. The van der Waals surface area contributed by atoms with Crippen LogP contribution in [-0.4, -0.2) is 19.1 Å². The van der Waals surface area contributed by atoms with Gasteiger partial charge in [-0.15, -0.1) is 0 Å². The van der Waals surface area contributed by atoms with Crippen molar-refractivity contribution < 1.29 is 9.53 Å². The van der Waals surface area contributed by atoms with Gasteiger partial charge in [0.15, 0.2) is 0 Å². The Balaban J connectivity index is 3.10. The summed E-state index contributed by atoms with van der Waals surface area (Å²) >= 11 is 0. The van der Waals surface area contributed by atoms with Crippen LogP contribution in [0.4, 0.5) is 0 Å². The number of carbonyl (C=O) groups excluding carboxylic acids is 1. The van der Waals surface area contributed by atoms with Gasteiger partial charge in [0.25, 0.3) is 0 Å². The Morgan fingerprint density at radius 1 is 0.593 bits per heavy atom. The van der Waals surface area contributed by atoms with E-state index in [2.05, 4.69) is 6.92 Å². The Morgan fingerprint density at radius 3 is 1.48 bits per heavy atom. The van der Waals surface area contributed by atoms with Crippen molar-refractivity contribution in [2.45, 2.75) is 135 Å². The summed E-state index contributed by atoms with van der Waals surface area (Å²) in [7, 11) is 0. The molecule has 3 heteroatoms. The molecule has 3 nitrogen and oxygen atoms in total. The van der Waals surface area contributed by atoms with Crippen LogP contribution in [0.1, 0.15) is 135 Å². The largest absolute Gasteiger partial charge is 0.466 e. The molecular weight excluding hydrogens is 334 g/mol. The number of hydrogen-bond acceptors (Lipinski definition) is 3. The van der Waals surface area contributed by atoms with Gasteiger partial charge in [-0.2, -0.15) is 0 Å². The molecule has 0 aromatic heterocycles. The van der Waals surface area contributed by atoms with Crippen LogP contribution in [0.5, 0.6) is 0 Å². The molecule has 2 N–H and O–H groups in total. The number of nitrogens with two attached hydrogens (primary N) is 1. The Hall–Kier alpha value is -0.570. The van der Waals surface area contributed by atoms with Crippen molar-refractivity contribution in [1.82, 2.24) is 0 Å². The fourth-order valence-electron chi connectivity index (χ4n) is 3.50. The SMILES string of the molecule is CCCCCCCCCCCCCCCCOC(=O)CCCCCCCN. The molecule has 0 aromatic rings. The number of ether oxygens (including phenoxy) is 1. The molecule has 0 rings (SSSR count). The smallest absolute Gasteiger partial charge is 0.305 e. The average molecular weight is 384 g/mol. The van der Waals surface area contributed by atoms with Gasteiger partial charge in [-0.3, -0.25) is 4.79 Å². The predicted octanol–water partition coefficient (Wildman–Crippen LogP) is 7.31. The summed E-state index contributed by atoms with van der Waals surface area (Å²) < 4.78 is 5.32. The molecular formula is C24H49NO2. The zero-order valence-electron chi connectivity index (χ0n) is 18.5. The monoisotopic (exact) mass is 383 g/mol. The molecule has 0 radical (unpaired) electrons. The lowest BCUT2D eigenvalue weighted by molar-refractivity contribution is -0.143. The van der Waals surface area contributed by atoms with Crippen molar-refractivity contribution in [3.8, 4) is 0 Å². The summed E-state index contributed by atoms with van der Waals surface area (Å²) in [6.45, 7) is 3.67. The highest BCUT2D eigenvalue weighted by atomic mass is 16.5. The molecule has 0 aliphatic heterocycles. The first-order valence-corrected chi connectivity index (χ1v) is 12.2. The maximum atomic E-state index is 11.6. The fourth-order valence-corrected chi connectivity index (χ4v) is 3.50. The van der Waals surface area contributed by atoms with Crippen LogP contribution >= 0.6 is 0 Å². The zero-order valence-corrected chi connectivity index (χ0v) is 18.5. The summed E-state index contributed by atoms with van der Waals surface area (Å²) in [5.41, 5.74) is 5.47. The Bertz CT molecular complexity index is 294. The normalized spacial score (nSPS) is 11.0. The Morgan fingerprint density at radius 2 is 1.00 bits per heavy atom. The fraction of sp³-hybridized carbons (Fsp3) is 0.958. The molecule has 0 unspecified atom stereocenters. The zero-order chi connectivity index (χ0) is 19.8. The van der Waals surface area contributed by atoms with Crippen LogP contribution in [-0.2, 0) is 9.53 Å². The van der Waals surface area contributed by atoms with Crippen molar-refractivity contribution in [2.24, 2.45) is 5.73 Å². The third-order valence-corrected chi connectivity index (χ3v) is 5.35. The van der Waals surface area contributed by atoms with E-state index in [4.69, 9.17) is 10.5 Å². The van der Waals surface area contributed by atoms with Gasteiger partial charge < -0.3 is 10.5 Å². The summed E-state index contributed by atoms with van der Waals surface area (Å²) in [6.07, 6.45) is 25.1. The van der Waals surface area contributed by atoms with Crippen molar-refractivity contribution in [3.63, 3.8) is 0 Å². The second-order valence-electron chi connectivity index (χ2n) is 8.12. The van der Waals surface area contributed by atoms with Crippen LogP contribution in [0.2, 0.25) is 0 Å². The van der Waals surface area contributed by atoms with E-state index < -0.39 is 0 Å². The quantitative estimate of drug-likeness (QED) is 0.157. The van der Waals surface area contributed by atoms with Crippen molar-refractivity contribution in [2.75, 3.05) is 13.2 Å². The molecule has 0 amide bonds. The van der Waals surface area contributed by atoms with Gasteiger partial charge >= 0.3 is 5.97 Å². The molecule has 0 spiro atoms. The number of unbranched alkanes of at least 4 members (excludes halogenated alkanes) is 17. The van der Waals surface area contributed by atoms with Crippen LogP contribution in [0.3, 0.4) is 0 Å². The minimum Gasteiger partial charge on any atom is -0.466 e. The maximum absolute atomic E-state index is 11.6. The number of hydrogen-bond donors (Lipinski definition) is 1. The molecule has 162 valence electrons. The first-order valence-electron chi connectivity index (χ1n) is 12.2. The van der Waals surface area contributed by atoms with Gasteiger partial charge in [-0.25, -0.2) is 0 Å². The average Bonchev–Trinajstić information content (AvgIpc) is 2.67. The summed E-state index contributed by atoms with van der Waals surface area (Å²) in [5, 5.41) is 0. The maximum Gasteiger partial charge on any atom is 0.305 e. The van der Waals surface area contributed by atoms with E-state index >= 15 is 0 Å². The van der Waals surface area contributed by atoms with Crippen molar-refractivity contribution in [3.05, 3.63) is 0 Å². The summed E-state index contributed by atoms with van der Waals surface area (Å²) in [5.74, 6) is -0.0106.